The van der Waals surface area contributed by atoms with E-state index in [1.807, 2.05) is 0 Å². The molecule has 14 heterocycles. The largest absolute Gasteiger partial charge is 1.00 e. The molecule has 50 heteroatoms. The van der Waals surface area contributed by atoms with Gasteiger partial charge in [-0.15, -0.1) is 0 Å². The van der Waals surface area contributed by atoms with Gasteiger partial charge in [0.05, 0.1) is 38.5 Å². The first-order valence-corrected chi connectivity index (χ1v) is 33.3. The van der Waals surface area contributed by atoms with E-state index in [9.17, 15) is 26.3 Å². The maximum absolute atomic E-state index is 15.9. The van der Waals surface area contributed by atoms with E-state index in [4.69, 9.17) is 92.4 Å². The number of imidazole rings is 4. The molecular weight excluding hydrogens is 1360 g/mol. The summed E-state index contributed by atoms with van der Waals surface area (Å²) in [5.74, 6) is 0.0685. The Kier molecular flexibility index (Phi) is 19.3. The van der Waals surface area contributed by atoms with E-state index in [-0.39, 0.29) is 127 Å². The molecular formula is C40H42F4N22Na2O16P2S4. The van der Waals surface area contributed by atoms with Crippen LogP contribution in [0.3, 0.4) is 0 Å². The summed E-state index contributed by atoms with van der Waals surface area (Å²) < 4.78 is 193. The minimum absolute atomic E-state index is 0. The Morgan fingerprint density at radius 3 is 1.19 bits per heavy atom. The number of halogens is 4. The van der Waals surface area contributed by atoms with Gasteiger partial charge in [-0.2, -0.15) is 26.3 Å². The summed E-state index contributed by atoms with van der Waals surface area (Å²) in [5, 5.41) is 0. The van der Waals surface area contributed by atoms with Crippen molar-refractivity contribution in [1.29, 1.82) is 0 Å². The van der Waals surface area contributed by atoms with Crippen molar-refractivity contribution in [1.82, 2.24) is 87.5 Å². The minimum atomic E-state index is -4.78. The molecule has 8 aromatic heterocycles. The van der Waals surface area contributed by atoms with Crippen molar-refractivity contribution in [3.63, 3.8) is 0 Å². The summed E-state index contributed by atoms with van der Waals surface area (Å²) in [6.07, 6.45) is -18.3. The van der Waals surface area contributed by atoms with Crippen LogP contribution < -0.4 is 96.4 Å². The fourth-order valence-electron chi connectivity index (χ4n) is 10.4. The van der Waals surface area contributed by atoms with E-state index in [1.165, 1.54) is 43.6 Å². The number of nitrogens with one attached hydrogen (secondary N) is 2. The molecule has 2 unspecified atom stereocenters. The summed E-state index contributed by atoms with van der Waals surface area (Å²) in [6.45, 7) is -12.1. The second kappa shape index (κ2) is 25.8. The van der Waals surface area contributed by atoms with Gasteiger partial charge in [-0.3, -0.25) is 22.8 Å². The summed E-state index contributed by atoms with van der Waals surface area (Å²) >= 11 is 9.98. The van der Waals surface area contributed by atoms with Crippen LogP contribution in [-0.4, -0.2) is 195 Å². The predicted molar refractivity (Wildman–Crippen MR) is 289 cm³/mol. The maximum atomic E-state index is 15.9. The smallest absolute Gasteiger partial charge is 0.780 e. The molecule has 0 aliphatic carbocycles. The zero-order valence-electron chi connectivity index (χ0n) is 45.7. The number of alkyl halides is 4. The van der Waals surface area contributed by atoms with E-state index in [0.29, 0.717) is 0 Å². The molecule has 0 spiro atoms. The number of aromatic nitrogens is 16. The van der Waals surface area contributed by atoms with Crippen molar-refractivity contribution in [3.8, 4) is 0 Å². The molecule has 6 fully saturated rings. The third-order valence-corrected chi connectivity index (χ3v) is 19.5. The summed E-state index contributed by atoms with van der Waals surface area (Å²) in [7, 11) is -9.57. The van der Waals surface area contributed by atoms with Crippen LogP contribution in [0.5, 0.6) is 0 Å². The zero-order valence-corrected chi connectivity index (χ0v) is 54.8. The van der Waals surface area contributed by atoms with Gasteiger partial charge in [-0.25, -0.2) is 85.7 Å². The fourth-order valence-corrected chi connectivity index (χ4v) is 15.1. The minimum Gasteiger partial charge on any atom is -0.780 e. The number of nitrogens with zero attached hydrogens (tertiary/aromatic N) is 16. The van der Waals surface area contributed by atoms with Gasteiger partial charge in [0.25, 0.3) is 0 Å². The van der Waals surface area contributed by atoms with Crippen molar-refractivity contribution < 1.29 is 148 Å². The Morgan fingerprint density at radius 2 is 0.822 bits per heavy atom. The topological polar surface area (TPSA) is 503 Å². The standard InChI is InChI=1S/2C20H22F2N11O8PS2.2Na/c2*21-9-8-2-37-42(34,43)40-13-7(38-19(10(13)22)32-5-29-11-15(23)25-3-27-17(11)32)1-31-44(35,36)41-14(9)20(39-8)33-6-30-12-16(24)26-4-28-18(12)33;;/h2*3-10,13-14,19-20,31H,1-2H2,(H,34,43)(H2,23,25,27)(H2,24,26,28);;/q;;2*+1/p-2/t2*7-,8-,9-,10-,13-,14-,19-,20-,42?;;/m11../s1. The van der Waals surface area contributed by atoms with Gasteiger partial charge >= 0.3 is 79.7 Å². The number of ether oxygens (including phenoxy) is 4. The van der Waals surface area contributed by atoms with Gasteiger partial charge in [0.1, 0.15) is 90.7 Å². The van der Waals surface area contributed by atoms with Gasteiger partial charge in [0, 0.05) is 13.1 Å². The van der Waals surface area contributed by atoms with Gasteiger partial charge in [-0.05, 0) is 0 Å². The molecule has 14 rings (SSSR count). The average Bonchev–Trinajstić information content (AvgIpc) is 1.65. The van der Waals surface area contributed by atoms with Crippen molar-refractivity contribution >= 4 is 126 Å². The zero-order chi connectivity index (χ0) is 61.9. The Balaban J connectivity index is 0.000000181. The number of fused-ring (bicyclic) bond motifs is 10. The molecule has 38 nitrogen and oxygen atoms in total. The van der Waals surface area contributed by atoms with E-state index in [1.54, 1.807) is 0 Å². The molecule has 0 saturated carbocycles. The molecule has 0 aromatic carbocycles. The van der Waals surface area contributed by atoms with Crippen molar-refractivity contribution in [3.05, 3.63) is 50.6 Å². The number of anilines is 4. The molecule has 18 atom stereocenters. The summed E-state index contributed by atoms with van der Waals surface area (Å²) in [5.41, 5.74) is 24.3. The number of hydrogen-bond donors (Lipinski definition) is 6. The van der Waals surface area contributed by atoms with E-state index >= 15 is 17.6 Å². The van der Waals surface area contributed by atoms with Crippen LogP contribution in [0.15, 0.2) is 50.6 Å². The molecule has 10 N–H and O–H groups in total. The Morgan fingerprint density at radius 1 is 0.500 bits per heavy atom. The molecule has 0 radical (unpaired) electrons. The van der Waals surface area contributed by atoms with Gasteiger partial charge in [0.15, 0.2) is 114 Å². The number of nitrogen functional groups attached to an aromatic ring is 4. The first kappa shape index (κ1) is 67.2. The van der Waals surface area contributed by atoms with Gasteiger partial charge in [0.2, 0.25) is 0 Å². The van der Waals surface area contributed by atoms with Crippen LogP contribution in [-0.2, 0) is 94.6 Å². The third kappa shape index (κ3) is 12.8. The number of hydrogen-bond acceptors (Lipinski definition) is 34. The quantitative estimate of drug-likeness (QED) is 0.0412. The maximum Gasteiger partial charge on any atom is 1.00 e. The van der Waals surface area contributed by atoms with Crippen molar-refractivity contribution in [2.24, 2.45) is 0 Å². The second-order valence-corrected chi connectivity index (χ2v) is 27.9. The average molecular weight is 1400 g/mol. The molecule has 90 heavy (non-hydrogen) atoms. The van der Waals surface area contributed by atoms with E-state index in [2.05, 4.69) is 69.3 Å². The molecule has 8 aromatic rings. The van der Waals surface area contributed by atoms with Crippen LogP contribution >= 0.6 is 13.5 Å². The fraction of sp³-hybridized carbons (Fsp3) is 0.500. The second-order valence-electron chi connectivity index (χ2n) is 19.7. The van der Waals surface area contributed by atoms with Crippen LogP contribution in [0.1, 0.15) is 24.9 Å². The molecule has 6 aliphatic heterocycles. The van der Waals surface area contributed by atoms with Gasteiger partial charge in [-0.1, -0.05) is 11.8 Å². The van der Waals surface area contributed by atoms with Crippen molar-refractivity contribution in [2.45, 2.75) is 98.4 Å². The van der Waals surface area contributed by atoms with E-state index in [0.717, 1.165) is 25.3 Å². The first-order chi connectivity index (χ1) is 41.8. The molecule has 6 saturated heterocycles. The first-order valence-electron chi connectivity index (χ1n) is 25.4. The molecule has 4 bridgehead atoms. The van der Waals surface area contributed by atoms with Crippen LogP contribution in [0, 0.1) is 0 Å². The molecule has 6 aliphatic rings. The normalized spacial score (nSPS) is 35.3. The monoisotopic (exact) mass is 1400 g/mol. The predicted octanol–water partition coefficient (Wildman–Crippen LogP) is -7.88. The molecule has 472 valence electrons. The Bertz CT molecular complexity index is 4090. The van der Waals surface area contributed by atoms with Gasteiger partial charge < -0.3 is 77.1 Å². The van der Waals surface area contributed by atoms with Crippen LogP contribution in [0.25, 0.3) is 44.7 Å². The van der Waals surface area contributed by atoms with Crippen molar-refractivity contribution in [2.75, 3.05) is 49.2 Å². The van der Waals surface area contributed by atoms with Crippen LogP contribution in [0.4, 0.5) is 40.8 Å². The SMILES string of the molecule is Nc1ncnc2c1ncn2[C@@H]1O[C@@H]2CNS(=O)(=O)O[C@@H]3[C@H](F)[C@@H](COP(=O)([S-])O[C@H]2[C@H]1F)O[C@H]3n1cnc2c(N)ncnc21.Nc1ncnc2c1ncn2[C@@H]1O[C@@H]2CNS(=O)(=O)O[C@@H]3[C@H](F)[C@@H](COP([O-])(=S)O[C@H]2[C@H]1F)O[C@H]3n1cnc2c(N)ncnc21.[Na+].[Na+]. The van der Waals surface area contributed by atoms with E-state index < -0.39 is 159 Å². The summed E-state index contributed by atoms with van der Waals surface area (Å²) in [4.78, 5) is 61.1. The third-order valence-electron chi connectivity index (χ3n) is 14.4. The number of rotatable bonds is 4. The number of nitrogens with two attached hydrogens (primary N) is 4. The summed E-state index contributed by atoms with van der Waals surface area (Å²) in [6, 6.07) is 0. The Hall–Kier alpha value is -4.27. The Labute approximate surface area is 555 Å². The van der Waals surface area contributed by atoms with Crippen LogP contribution in [0.2, 0.25) is 0 Å². The molecule has 0 amide bonds.